The fourth-order valence-corrected chi connectivity index (χ4v) is 4.49. The van der Waals surface area contributed by atoms with Crippen molar-refractivity contribution in [1.29, 1.82) is 0 Å². The summed E-state index contributed by atoms with van der Waals surface area (Å²) in [5.74, 6) is -0.399. The standard InChI is InChI=1S/C25H32ClN5O4/c26-20-3-5-21(6-4-20)28-25(33)31(10-9-29-11-15-34-16-12-29)22-7-1-19(2-8-22)23(24(27)32)30-13-17-35-18-14-30/h1-8,23H,9-18H2,(H2,27,32)(H,28,33). The highest BCUT2D eigenvalue weighted by Crippen LogP contribution is 2.25. The smallest absolute Gasteiger partial charge is 0.326 e. The molecule has 2 fully saturated rings. The molecule has 2 aliphatic rings. The summed E-state index contributed by atoms with van der Waals surface area (Å²) in [7, 11) is 0. The van der Waals surface area contributed by atoms with Crippen molar-refractivity contribution < 1.29 is 19.1 Å². The molecule has 0 bridgehead atoms. The number of carbonyl (C=O) groups is 2. The van der Waals surface area contributed by atoms with Gasteiger partial charge in [0.05, 0.1) is 26.4 Å². The lowest BCUT2D eigenvalue weighted by molar-refractivity contribution is -0.125. The Bertz CT molecular complexity index is 976. The minimum atomic E-state index is -0.530. The van der Waals surface area contributed by atoms with Gasteiger partial charge in [-0.2, -0.15) is 0 Å². The predicted octanol–water partition coefficient (Wildman–Crippen LogP) is 2.57. The molecule has 188 valence electrons. The van der Waals surface area contributed by atoms with Crippen LogP contribution in [0.3, 0.4) is 0 Å². The average molecular weight is 502 g/mol. The zero-order valence-corrected chi connectivity index (χ0v) is 20.5. The minimum Gasteiger partial charge on any atom is -0.379 e. The highest BCUT2D eigenvalue weighted by molar-refractivity contribution is 6.30. The number of halogens is 1. The largest absolute Gasteiger partial charge is 0.379 e. The number of hydrogen-bond acceptors (Lipinski definition) is 6. The number of ether oxygens (including phenoxy) is 2. The van der Waals surface area contributed by atoms with Gasteiger partial charge in [-0.05, 0) is 42.0 Å². The van der Waals surface area contributed by atoms with Gasteiger partial charge in [-0.3, -0.25) is 19.5 Å². The van der Waals surface area contributed by atoms with E-state index in [4.69, 9.17) is 26.8 Å². The Hall–Kier alpha value is -2.69. The second-order valence-corrected chi connectivity index (χ2v) is 9.02. The van der Waals surface area contributed by atoms with E-state index in [2.05, 4.69) is 10.2 Å². The molecule has 1 unspecified atom stereocenters. The van der Waals surface area contributed by atoms with Crippen LogP contribution in [0.15, 0.2) is 48.5 Å². The zero-order valence-electron chi connectivity index (χ0n) is 19.7. The molecule has 2 aromatic rings. The lowest BCUT2D eigenvalue weighted by atomic mass is 10.0. The summed E-state index contributed by atoms with van der Waals surface area (Å²) >= 11 is 5.98. The van der Waals surface area contributed by atoms with Crippen molar-refractivity contribution in [1.82, 2.24) is 9.80 Å². The van der Waals surface area contributed by atoms with Gasteiger partial charge in [-0.1, -0.05) is 23.7 Å². The van der Waals surface area contributed by atoms with E-state index in [0.29, 0.717) is 56.8 Å². The van der Waals surface area contributed by atoms with E-state index in [9.17, 15) is 9.59 Å². The summed E-state index contributed by atoms with van der Waals surface area (Å²) in [5.41, 5.74) is 7.95. The lowest BCUT2D eigenvalue weighted by Crippen LogP contribution is -2.45. The molecule has 4 rings (SSSR count). The van der Waals surface area contributed by atoms with Crippen LogP contribution in [0.4, 0.5) is 16.2 Å². The lowest BCUT2D eigenvalue weighted by Gasteiger charge is -2.33. The fraction of sp³-hybridized carbons (Fsp3) is 0.440. The number of nitrogens with zero attached hydrogens (tertiary/aromatic N) is 3. The summed E-state index contributed by atoms with van der Waals surface area (Å²) in [6, 6.07) is 13.7. The van der Waals surface area contributed by atoms with Crippen molar-refractivity contribution in [3.05, 3.63) is 59.1 Å². The van der Waals surface area contributed by atoms with Crippen LogP contribution in [0.5, 0.6) is 0 Å². The number of anilines is 2. The molecule has 3 N–H and O–H groups in total. The number of hydrogen-bond donors (Lipinski definition) is 2. The van der Waals surface area contributed by atoms with Gasteiger partial charge in [0.2, 0.25) is 5.91 Å². The normalized spacial score (nSPS) is 18.1. The number of urea groups is 1. The monoisotopic (exact) mass is 501 g/mol. The van der Waals surface area contributed by atoms with E-state index < -0.39 is 11.9 Å². The molecule has 0 radical (unpaired) electrons. The van der Waals surface area contributed by atoms with Crippen molar-refractivity contribution in [2.45, 2.75) is 6.04 Å². The number of morpholine rings is 2. The Morgan fingerprint density at radius 3 is 2.14 bits per heavy atom. The molecule has 9 nitrogen and oxygen atoms in total. The van der Waals surface area contributed by atoms with Gasteiger partial charge < -0.3 is 20.5 Å². The van der Waals surface area contributed by atoms with E-state index in [1.165, 1.54) is 0 Å². The first kappa shape index (κ1) is 25.4. The maximum Gasteiger partial charge on any atom is 0.326 e. The van der Waals surface area contributed by atoms with Crippen LogP contribution >= 0.6 is 11.6 Å². The molecule has 2 aliphatic heterocycles. The second-order valence-electron chi connectivity index (χ2n) is 8.59. The first-order valence-corrected chi connectivity index (χ1v) is 12.2. The van der Waals surface area contributed by atoms with Crippen LogP contribution in [0.2, 0.25) is 5.02 Å². The maximum atomic E-state index is 13.3. The van der Waals surface area contributed by atoms with Gasteiger partial charge in [0.15, 0.2) is 0 Å². The molecular weight excluding hydrogens is 470 g/mol. The summed E-state index contributed by atoms with van der Waals surface area (Å²) in [4.78, 5) is 31.6. The van der Waals surface area contributed by atoms with Gasteiger partial charge in [-0.25, -0.2) is 4.79 Å². The van der Waals surface area contributed by atoms with E-state index in [1.807, 2.05) is 29.2 Å². The van der Waals surface area contributed by atoms with E-state index in [0.717, 1.165) is 30.9 Å². The molecule has 3 amide bonds. The summed E-state index contributed by atoms with van der Waals surface area (Å²) in [6.45, 7) is 6.72. The molecular formula is C25H32ClN5O4. The van der Waals surface area contributed by atoms with Crippen molar-refractivity contribution in [2.75, 3.05) is 75.9 Å². The molecule has 2 heterocycles. The van der Waals surface area contributed by atoms with Crippen molar-refractivity contribution >= 4 is 34.9 Å². The Balaban J connectivity index is 1.52. The molecule has 2 saturated heterocycles. The Labute approximate surface area is 210 Å². The Kier molecular flexibility index (Phi) is 8.95. The fourth-order valence-electron chi connectivity index (χ4n) is 4.37. The van der Waals surface area contributed by atoms with Crippen LogP contribution in [0.1, 0.15) is 11.6 Å². The van der Waals surface area contributed by atoms with Gasteiger partial charge in [0.25, 0.3) is 0 Å². The number of nitrogens with two attached hydrogens (primary N) is 1. The first-order valence-electron chi connectivity index (χ1n) is 11.9. The molecule has 0 aliphatic carbocycles. The summed E-state index contributed by atoms with van der Waals surface area (Å²) < 4.78 is 10.8. The average Bonchev–Trinajstić information content (AvgIpc) is 2.88. The van der Waals surface area contributed by atoms with Crippen LogP contribution in [0.25, 0.3) is 0 Å². The number of benzene rings is 2. The van der Waals surface area contributed by atoms with Crippen LogP contribution in [-0.2, 0) is 14.3 Å². The number of primary amides is 1. The van der Waals surface area contributed by atoms with Crippen molar-refractivity contribution in [3.63, 3.8) is 0 Å². The van der Waals surface area contributed by atoms with Gasteiger partial charge in [-0.15, -0.1) is 0 Å². The molecule has 35 heavy (non-hydrogen) atoms. The Morgan fingerprint density at radius 2 is 1.54 bits per heavy atom. The van der Waals surface area contributed by atoms with Crippen molar-refractivity contribution in [3.8, 4) is 0 Å². The number of nitrogens with one attached hydrogen (secondary N) is 1. The minimum absolute atomic E-state index is 0.243. The van der Waals surface area contributed by atoms with Gasteiger partial charge in [0.1, 0.15) is 6.04 Å². The SMILES string of the molecule is NC(=O)C(c1ccc(N(CCN2CCOCC2)C(=O)Nc2ccc(Cl)cc2)cc1)N1CCOCC1. The van der Waals surface area contributed by atoms with Crippen molar-refractivity contribution in [2.24, 2.45) is 5.73 Å². The summed E-state index contributed by atoms with van der Waals surface area (Å²) in [6.07, 6.45) is 0. The molecule has 0 aromatic heterocycles. The quantitative estimate of drug-likeness (QED) is 0.576. The topological polar surface area (TPSA) is 100 Å². The van der Waals surface area contributed by atoms with Crippen LogP contribution in [0, 0.1) is 0 Å². The third kappa shape index (κ3) is 6.93. The molecule has 1 atom stereocenters. The third-order valence-corrected chi connectivity index (χ3v) is 6.54. The van der Waals surface area contributed by atoms with Crippen LogP contribution in [-0.4, -0.2) is 87.4 Å². The number of carbonyl (C=O) groups excluding carboxylic acids is 2. The van der Waals surface area contributed by atoms with E-state index >= 15 is 0 Å². The predicted molar refractivity (Wildman–Crippen MR) is 136 cm³/mol. The maximum absolute atomic E-state index is 13.3. The molecule has 0 spiro atoms. The van der Waals surface area contributed by atoms with E-state index in [1.54, 1.807) is 29.2 Å². The molecule has 10 heteroatoms. The first-order chi connectivity index (χ1) is 17.0. The Morgan fingerprint density at radius 1 is 0.943 bits per heavy atom. The van der Waals surface area contributed by atoms with Crippen LogP contribution < -0.4 is 16.0 Å². The second kappa shape index (κ2) is 12.3. The van der Waals surface area contributed by atoms with E-state index in [-0.39, 0.29) is 6.03 Å². The third-order valence-electron chi connectivity index (χ3n) is 6.29. The molecule has 2 aromatic carbocycles. The zero-order chi connectivity index (χ0) is 24.6. The molecule has 0 saturated carbocycles. The number of amides is 3. The highest BCUT2D eigenvalue weighted by atomic mass is 35.5. The number of rotatable bonds is 8. The van der Waals surface area contributed by atoms with Gasteiger partial charge in [0, 0.05) is 55.7 Å². The van der Waals surface area contributed by atoms with Gasteiger partial charge >= 0.3 is 6.03 Å². The summed E-state index contributed by atoms with van der Waals surface area (Å²) in [5, 5.41) is 3.56. The highest BCUT2D eigenvalue weighted by Gasteiger charge is 2.28.